The van der Waals surface area contributed by atoms with E-state index >= 15 is 0 Å². The van der Waals surface area contributed by atoms with Gasteiger partial charge in [0.1, 0.15) is 0 Å². The molecule has 1 heterocycles. The molecule has 0 saturated carbocycles. The highest BCUT2D eigenvalue weighted by Gasteiger charge is 2.28. The first-order valence-electron chi connectivity index (χ1n) is 3.51. The monoisotopic (exact) mass is 193 g/mol. The Morgan fingerprint density at radius 3 is 2.58 bits per heavy atom. The van der Waals surface area contributed by atoms with Gasteiger partial charge in [-0.25, -0.2) is 19.1 Å². The lowest BCUT2D eigenvalue weighted by atomic mass is 10.3. The number of nitrogens with one attached hydrogen (secondary N) is 2. The van der Waals surface area contributed by atoms with Gasteiger partial charge in [0.05, 0.1) is 11.5 Å². The molecule has 0 aromatic carbocycles. The second kappa shape index (κ2) is 3.28. The minimum Gasteiger partial charge on any atom is -0.333 e. The van der Waals surface area contributed by atoms with Crippen LogP contribution in [-0.4, -0.2) is 32.0 Å². The molecule has 1 saturated heterocycles. The number of rotatable bonds is 1. The summed E-state index contributed by atoms with van der Waals surface area (Å²) in [6.07, 6.45) is 0.468. The lowest BCUT2D eigenvalue weighted by Gasteiger charge is -2.08. The van der Waals surface area contributed by atoms with E-state index < -0.39 is 15.9 Å². The molecule has 1 rings (SSSR count). The van der Waals surface area contributed by atoms with Crippen molar-refractivity contribution < 1.29 is 13.2 Å². The van der Waals surface area contributed by atoms with Gasteiger partial charge in [-0.05, 0) is 6.42 Å². The summed E-state index contributed by atoms with van der Waals surface area (Å²) in [4.78, 5) is 10.6. The van der Waals surface area contributed by atoms with Crippen LogP contribution in [0.4, 0.5) is 4.79 Å². The number of hydrogen-bond donors (Lipinski definition) is 3. The molecule has 70 valence electrons. The maximum atomic E-state index is 10.9. The largest absolute Gasteiger partial charge is 0.333 e. The summed E-state index contributed by atoms with van der Waals surface area (Å²) in [5.74, 6) is 4.96. The number of carbonyl (C=O) groups is 1. The predicted octanol–water partition coefficient (Wildman–Crippen LogP) is -1.65. The molecule has 1 atom stereocenters. The van der Waals surface area contributed by atoms with Crippen molar-refractivity contribution >= 4 is 15.9 Å². The minimum absolute atomic E-state index is 0.0143. The van der Waals surface area contributed by atoms with E-state index in [0.29, 0.717) is 6.42 Å². The van der Waals surface area contributed by atoms with Crippen molar-refractivity contribution in [3.63, 3.8) is 0 Å². The van der Waals surface area contributed by atoms with E-state index in [-0.39, 0.29) is 17.5 Å². The lowest BCUT2D eigenvalue weighted by Crippen LogP contribution is -2.45. The van der Waals surface area contributed by atoms with Gasteiger partial charge in [-0.2, -0.15) is 0 Å². The highest BCUT2D eigenvalue weighted by molar-refractivity contribution is 7.91. The fraction of sp³-hybridized carbons (Fsp3) is 0.800. The molecule has 2 amide bonds. The van der Waals surface area contributed by atoms with Crippen LogP contribution < -0.4 is 16.6 Å². The van der Waals surface area contributed by atoms with Crippen LogP contribution in [0.25, 0.3) is 0 Å². The van der Waals surface area contributed by atoms with Crippen molar-refractivity contribution in [1.82, 2.24) is 10.7 Å². The number of hydrazine groups is 1. The number of carbonyl (C=O) groups excluding carboxylic acids is 1. The average Bonchev–Trinajstić information content (AvgIpc) is 2.30. The zero-order valence-corrected chi connectivity index (χ0v) is 7.23. The first kappa shape index (κ1) is 9.27. The van der Waals surface area contributed by atoms with Gasteiger partial charge in [0.25, 0.3) is 0 Å². The number of hydrogen-bond acceptors (Lipinski definition) is 4. The average molecular weight is 193 g/mol. The van der Waals surface area contributed by atoms with E-state index in [1.165, 1.54) is 0 Å². The third-order valence-electron chi connectivity index (χ3n) is 1.70. The Hall–Kier alpha value is -0.820. The van der Waals surface area contributed by atoms with Gasteiger partial charge in [0.2, 0.25) is 0 Å². The third kappa shape index (κ3) is 2.35. The lowest BCUT2D eigenvalue weighted by molar-refractivity contribution is 0.238. The van der Waals surface area contributed by atoms with Crippen LogP contribution in [0, 0.1) is 0 Å². The molecular weight excluding hydrogens is 182 g/mol. The van der Waals surface area contributed by atoms with E-state index in [2.05, 4.69) is 5.32 Å². The molecular formula is C5H11N3O3S. The Morgan fingerprint density at radius 1 is 1.50 bits per heavy atom. The summed E-state index contributed by atoms with van der Waals surface area (Å²) >= 11 is 0. The van der Waals surface area contributed by atoms with Crippen LogP contribution in [0.3, 0.4) is 0 Å². The van der Waals surface area contributed by atoms with E-state index in [1.54, 1.807) is 0 Å². The van der Waals surface area contributed by atoms with Crippen LogP contribution >= 0.6 is 0 Å². The zero-order valence-electron chi connectivity index (χ0n) is 6.41. The minimum atomic E-state index is -2.93. The van der Waals surface area contributed by atoms with Crippen molar-refractivity contribution in [2.45, 2.75) is 12.5 Å². The van der Waals surface area contributed by atoms with Gasteiger partial charge < -0.3 is 5.32 Å². The van der Waals surface area contributed by atoms with Crippen molar-refractivity contribution in [1.29, 1.82) is 0 Å². The SMILES string of the molecule is NNC(=O)N[C@H]1CCS(=O)(=O)C1. The maximum absolute atomic E-state index is 10.9. The first-order valence-corrected chi connectivity index (χ1v) is 5.33. The quantitative estimate of drug-likeness (QED) is 0.264. The van der Waals surface area contributed by atoms with Crippen molar-refractivity contribution in [2.24, 2.45) is 5.84 Å². The van der Waals surface area contributed by atoms with Gasteiger partial charge in [0, 0.05) is 6.04 Å². The highest BCUT2D eigenvalue weighted by Crippen LogP contribution is 2.10. The topological polar surface area (TPSA) is 101 Å². The number of sulfone groups is 1. The summed E-state index contributed by atoms with van der Waals surface area (Å²) in [5.41, 5.74) is 1.87. The van der Waals surface area contributed by atoms with Crippen LogP contribution in [0.2, 0.25) is 0 Å². The molecule has 6 nitrogen and oxygen atoms in total. The van der Waals surface area contributed by atoms with Gasteiger partial charge >= 0.3 is 6.03 Å². The molecule has 4 N–H and O–H groups in total. The van der Waals surface area contributed by atoms with Gasteiger partial charge in [-0.15, -0.1) is 0 Å². The number of amides is 2. The second-order valence-corrected chi connectivity index (χ2v) is 4.95. The summed E-state index contributed by atoms with van der Waals surface area (Å²) in [6, 6.07) is -0.837. The van der Waals surface area contributed by atoms with E-state index in [9.17, 15) is 13.2 Å². The van der Waals surface area contributed by atoms with Gasteiger partial charge in [-0.1, -0.05) is 0 Å². The molecule has 7 heteroatoms. The fourth-order valence-electron chi connectivity index (χ4n) is 1.14. The Balaban J connectivity index is 2.43. The molecule has 0 bridgehead atoms. The molecule has 0 unspecified atom stereocenters. The molecule has 12 heavy (non-hydrogen) atoms. The Bertz CT molecular complexity index is 274. The predicted molar refractivity (Wildman–Crippen MR) is 42.9 cm³/mol. The van der Waals surface area contributed by atoms with Crippen LogP contribution in [0.15, 0.2) is 0 Å². The van der Waals surface area contributed by atoms with E-state index in [4.69, 9.17) is 5.84 Å². The molecule has 0 aromatic rings. The summed E-state index contributed by atoms with van der Waals surface area (Å²) in [6.45, 7) is 0. The zero-order chi connectivity index (χ0) is 9.19. The summed E-state index contributed by atoms with van der Waals surface area (Å²) in [7, 11) is -2.93. The van der Waals surface area contributed by atoms with Crippen LogP contribution in [-0.2, 0) is 9.84 Å². The molecule has 0 spiro atoms. The summed E-state index contributed by atoms with van der Waals surface area (Å²) in [5, 5.41) is 2.43. The summed E-state index contributed by atoms with van der Waals surface area (Å²) < 4.78 is 21.8. The highest BCUT2D eigenvalue weighted by atomic mass is 32.2. The van der Waals surface area contributed by atoms with E-state index in [0.717, 1.165) is 0 Å². The normalized spacial score (nSPS) is 26.6. The Morgan fingerprint density at radius 2 is 2.17 bits per heavy atom. The van der Waals surface area contributed by atoms with Crippen LogP contribution in [0.1, 0.15) is 6.42 Å². The first-order chi connectivity index (χ1) is 5.53. The molecule has 0 aromatic heterocycles. The standard InChI is InChI=1S/C5H11N3O3S/c6-8-5(9)7-4-1-2-12(10,11)3-4/h4H,1-3,6H2,(H2,7,8,9)/t4-/m0/s1. The number of urea groups is 1. The van der Waals surface area contributed by atoms with Crippen molar-refractivity contribution in [3.8, 4) is 0 Å². The van der Waals surface area contributed by atoms with Crippen molar-refractivity contribution in [3.05, 3.63) is 0 Å². The molecule has 1 aliphatic heterocycles. The molecule has 1 fully saturated rings. The molecule has 0 radical (unpaired) electrons. The molecule has 0 aliphatic carbocycles. The van der Waals surface area contributed by atoms with Crippen LogP contribution in [0.5, 0.6) is 0 Å². The maximum Gasteiger partial charge on any atom is 0.329 e. The molecule has 1 aliphatic rings. The number of nitrogens with two attached hydrogens (primary N) is 1. The van der Waals surface area contributed by atoms with Gasteiger partial charge in [-0.3, -0.25) is 5.43 Å². The smallest absolute Gasteiger partial charge is 0.329 e. The second-order valence-electron chi connectivity index (χ2n) is 2.72. The van der Waals surface area contributed by atoms with E-state index in [1.807, 2.05) is 5.43 Å². The Labute approximate surface area is 70.4 Å². The van der Waals surface area contributed by atoms with Gasteiger partial charge in [0.15, 0.2) is 9.84 Å². The third-order valence-corrected chi connectivity index (χ3v) is 3.47. The van der Waals surface area contributed by atoms with Crippen molar-refractivity contribution in [2.75, 3.05) is 11.5 Å². The Kier molecular flexibility index (Phi) is 2.53. The fourth-order valence-corrected chi connectivity index (χ4v) is 2.81.